The fourth-order valence-corrected chi connectivity index (χ4v) is 12.6. The van der Waals surface area contributed by atoms with Gasteiger partial charge in [-0.25, -0.2) is 9.97 Å². The maximum atomic E-state index is 5.71. The molecule has 0 bridgehead atoms. The van der Waals surface area contributed by atoms with Crippen LogP contribution in [0.25, 0.3) is 155 Å². The van der Waals surface area contributed by atoms with Gasteiger partial charge in [0.25, 0.3) is 0 Å². The number of hydrogen-bond donors (Lipinski definition) is 0. The zero-order valence-corrected chi connectivity index (χ0v) is 41.8. The molecule has 0 radical (unpaired) electrons. The topological polar surface area (TPSA) is 71.3 Å². The Kier molecular flexibility index (Phi) is 8.96. The first kappa shape index (κ1) is 42.6. The van der Waals surface area contributed by atoms with Crippen molar-refractivity contribution in [1.82, 2.24) is 38.2 Å². The number of hydrogen-bond acceptors (Lipinski definition) is 4. The van der Waals surface area contributed by atoms with Crippen molar-refractivity contribution < 1.29 is 0 Å². The third-order valence-corrected chi connectivity index (χ3v) is 16.0. The van der Waals surface area contributed by atoms with Gasteiger partial charge in [0.05, 0.1) is 49.8 Å². The van der Waals surface area contributed by atoms with Gasteiger partial charge in [0.15, 0.2) is 11.6 Å². The number of aromatic nitrogens is 8. The molecule has 0 atom stereocenters. The Morgan fingerprint density at radius 3 is 1.10 bits per heavy atom. The van der Waals surface area contributed by atoms with Crippen molar-refractivity contribution in [2.75, 3.05) is 0 Å². The van der Waals surface area contributed by atoms with Gasteiger partial charge in [0.1, 0.15) is 11.6 Å². The molecule has 0 amide bonds. The molecule has 17 rings (SSSR count). The van der Waals surface area contributed by atoms with E-state index in [1.165, 1.54) is 21.5 Å². The Morgan fingerprint density at radius 2 is 0.628 bits per heavy atom. The number of para-hydroxylation sites is 6. The first-order chi connectivity index (χ1) is 38.7. The maximum absolute atomic E-state index is 5.71. The summed E-state index contributed by atoms with van der Waals surface area (Å²) in [5.41, 5.74) is 11.3. The SMILES string of the molecule is c1ccc2cc(-c3nc(-c4ccc5ccccc5c4)nc(-n4c5ccccc5c5ccc6c(c7ccccc7n6-c6cc(-n7c8ccccc8c8ccccc87)nc(-n7c8ccccc8c8ccccc87)c6)c54)n3)ccc2c1. The Morgan fingerprint density at radius 1 is 0.244 bits per heavy atom. The molecule has 0 fully saturated rings. The molecule has 8 heteroatoms. The Labute approximate surface area is 445 Å². The molecule has 0 aliphatic heterocycles. The minimum Gasteiger partial charge on any atom is -0.309 e. The highest BCUT2D eigenvalue weighted by atomic mass is 15.2. The van der Waals surface area contributed by atoms with Crippen LogP contribution < -0.4 is 0 Å². The molecule has 0 aliphatic carbocycles. The number of pyridine rings is 1. The molecule has 0 unspecified atom stereocenters. The number of nitrogens with zero attached hydrogens (tertiary/aromatic N) is 8. The first-order valence-corrected chi connectivity index (χ1v) is 26.4. The van der Waals surface area contributed by atoms with Crippen LogP contribution in [0.2, 0.25) is 0 Å². The average Bonchev–Trinajstić information content (AvgIpc) is 4.35. The highest BCUT2D eigenvalue weighted by Crippen LogP contribution is 2.44. The van der Waals surface area contributed by atoms with Crippen molar-refractivity contribution in [2.45, 2.75) is 0 Å². The summed E-state index contributed by atoms with van der Waals surface area (Å²) < 4.78 is 9.37. The smallest absolute Gasteiger partial charge is 0.238 e. The Balaban J connectivity index is 0.979. The molecule has 0 aliphatic rings. The molecule has 17 aromatic rings. The summed E-state index contributed by atoms with van der Waals surface area (Å²) >= 11 is 0. The van der Waals surface area contributed by atoms with E-state index in [1.807, 2.05) is 0 Å². The summed E-state index contributed by atoms with van der Waals surface area (Å²) in [5.74, 6) is 3.37. The second-order valence-corrected chi connectivity index (χ2v) is 20.2. The lowest BCUT2D eigenvalue weighted by Crippen LogP contribution is -2.07. The molecule has 6 aromatic heterocycles. The van der Waals surface area contributed by atoms with Gasteiger partial charge in [-0.2, -0.15) is 9.97 Å². The fraction of sp³-hybridized carbons (Fsp3) is 0. The van der Waals surface area contributed by atoms with Gasteiger partial charge in [-0.1, -0.05) is 188 Å². The second-order valence-electron chi connectivity index (χ2n) is 20.2. The third kappa shape index (κ3) is 6.22. The van der Waals surface area contributed by atoms with E-state index in [0.29, 0.717) is 17.6 Å². The van der Waals surface area contributed by atoms with E-state index in [2.05, 4.69) is 273 Å². The average molecular weight is 995 g/mol. The molecule has 11 aromatic carbocycles. The quantitative estimate of drug-likeness (QED) is 0.166. The standard InChI is InChI=1S/C70H42N8/c1-3-19-45-39-47(35-33-43(45)17-1)68-72-69(48-36-34-44-18-2-4-20-46(44)40-48)74-70(73-68)78-61-31-15-9-25-54(61)55-37-38-63-66(67(55)78)56-26-10-16-32-62(56)75(63)49-41-64(76-57-27-11-5-21-50(57)51-22-6-12-28-58(51)76)71-65(42-49)77-59-29-13-7-23-52(59)53-24-8-14-30-60(53)77/h1-42H. The highest BCUT2D eigenvalue weighted by molar-refractivity contribution is 6.26. The summed E-state index contributed by atoms with van der Waals surface area (Å²) in [5, 5.41) is 13.7. The monoisotopic (exact) mass is 994 g/mol. The molecule has 0 spiro atoms. The van der Waals surface area contributed by atoms with Gasteiger partial charge in [0.2, 0.25) is 5.95 Å². The molecule has 0 saturated heterocycles. The molecule has 6 heterocycles. The Bertz CT molecular complexity index is 5030. The first-order valence-electron chi connectivity index (χ1n) is 26.4. The Hall–Kier alpha value is -10.7. The zero-order valence-electron chi connectivity index (χ0n) is 41.8. The van der Waals surface area contributed by atoms with E-state index >= 15 is 0 Å². The summed E-state index contributed by atoms with van der Waals surface area (Å²) in [6.07, 6.45) is 0. The van der Waals surface area contributed by atoms with Gasteiger partial charge in [-0.05, 0) is 76.1 Å². The summed E-state index contributed by atoms with van der Waals surface area (Å²) in [7, 11) is 0. The normalized spacial score (nSPS) is 12.1. The van der Waals surface area contributed by atoms with Gasteiger partial charge >= 0.3 is 0 Å². The van der Waals surface area contributed by atoms with E-state index < -0.39 is 0 Å². The highest BCUT2D eigenvalue weighted by Gasteiger charge is 2.25. The minimum atomic E-state index is 0.540. The lowest BCUT2D eigenvalue weighted by molar-refractivity contribution is 0.955. The van der Waals surface area contributed by atoms with Crippen LogP contribution in [0.4, 0.5) is 0 Å². The number of fused-ring (bicyclic) bond motifs is 15. The van der Waals surface area contributed by atoms with Crippen LogP contribution in [0.5, 0.6) is 0 Å². The summed E-state index contributed by atoms with van der Waals surface area (Å²) in [6.45, 7) is 0. The van der Waals surface area contributed by atoms with E-state index in [9.17, 15) is 0 Å². The lowest BCUT2D eigenvalue weighted by Gasteiger charge is -2.16. The maximum Gasteiger partial charge on any atom is 0.238 e. The van der Waals surface area contributed by atoms with E-state index in [-0.39, 0.29) is 0 Å². The van der Waals surface area contributed by atoms with E-state index in [1.54, 1.807) is 0 Å². The summed E-state index contributed by atoms with van der Waals surface area (Å²) in [6, 6.07) is 91.0. The van der Waals surface area contributed by atoms with Crippen LogP contribution >= 0.6 is 0 Å². The van der Waals surface area contributed by atoms with Crippen LogP contribution in [0, 0.1) is 0 Å². The number of rotatable bonds is 6. The lowest BCUT2D eigenvalue weighted by atomic mass is 10.1. The minimum absolute atomic E-state index is 0.540. The van der Waals surface area contributed by atoms with Gasteiger partial charge in [0, 0.05) is 66.3 Å². The van der Waals surface area contributed by atoms with Crippen molar-refractivity contribution in [3.05, 3.63) is 255 Å². The van der Waals surface area contributed by atoms with Crippen molar-refractivity contribution in [3.63, 3.8) is 0 Å². The van der Waals surface area contributed by atoms with Crippen molar-refractivity contribution in [2.24, 2.45) is 0 Å². The van der Waals surface area contributed by atoms with Crippen molar-refractivity contribution >= 4 is 109 Å². The predicted molar refractivity (Wildman–Crippen MR) is 321 cm³/mol. The van der Waals surface area contributed by atoms with Gasteiger partial charge in [-0.3, -0.25) is 13.7 Å². The summed E-state index contributed by atoms with van der Waals surface area (Å²) in [4.78, 5) is 22.0. The molecule has 0 saturated carbocycles. The fourth-order valence-electron chi connectivity index (χ4n) is 12.6. The largest absolute Gasteiger partial charge is 0.309 e. The van der Waals surface area contributed by atoms with Gasteiger partial charge < -0.3 is 4.57 Å². The van der Waals surface area contributed by atoms with E-state index in [0.717, 1.165) is 116 Å². The van der Waals surface area contributed by atoms with Crippen LogP contribution in [0.15, 0.2) is 255 Å². The molecular weight excluding hydrogens is 953 g/mol. The van der Waals surface area contributed by atoms with Crippen LogP contribution in [0.3, 0.4) is 0 Å². The second kappa shape index (κ2) is 16.4. The number of benzene rings is 11. The van der Waals surface area contributed by atoms with Crippen LogP contribution in [-0.4, -0.2) is 38.2 Å². The van der Waals surface area contributed by atoms with E-state index in [4.69, 9.17) is 19.9 Å². The third-order valence-electron chi connectivity index (χ3n) is 16.0. The molecule has 0 N–H and O–H groups in total. The van der Waals surface area contributed by atoms with Crippen LogP contribution in [0.1, 0.15) is 0 Å². The van der Waals surface area contributed by atoms with Crippen molar-refractivity contribution in [1.29, 1.82) is 0 Å². The van der Waals surface area contributed by atoms with Crippen LogP contribution in [-0.2, 0) is 0 Å². The van der Waals surface area contributed by atoms with Crippen molar-refractivity contribution in [3.8, 4) is 46.0 Å². The molecule has 8 nitrogen and oxygen atoms in total. The molecular formula is C70H42N8. The zero-order chi connectivity index (χ0) is 51.0. The van der Waals surface area contributed by atoms with Gasteiger partial charge in [-0.15, -0.1) is 0 Å². The molecule has 78 heavy (non-hydrogen) atoms. The predicted octanol–water partition coefficient (Wildman–Crippen LogP) is 17.3. The molecule has 362 valence electrons.